The molecule has 26 heavy (non-hydrogen) atoms. The van der Waals surface area contributed by atoms with Crippen molar-refractivity contribution < 1.29 is 9.21 Å². The number of amides is 1. The molecule has 7 heteroatoms. The number of nitriles is 1. The second kappa shape index (κ2) is 5.30. The summed E-state index contributed by atoms with van der Waals surface area (Å²) in [6, 6.07) is 9.84. The molecule has 3 aromatic rings. The molecular formula is C19H15N5O2. The summed E-state index contributed by atoms with van der Waals surface area (Å²) < 4.78 is 5.52. The molecule has 128 valence electrons. The minimum absolute atomic E-state index is 0.124. The second-order valence-electron chi connectivity index (χ2n) is 6.82. The number of carbonyl (C=O) groups excluding carboxylic acids is 1. The van der Waals surface area contributed by atoms with Gasteiger partial charge in [0.2, 0.25) is 5.91 Å². The number of aromatic amines is 1. The van der Waals surface area contributed by atoms with Crippen LogP contribution in [0, 0.1) is 16.7 Å². The maximum Gasteiger partial charge on any atom is 0.244 e. The number of aromatic nitrogens is 3. The molecule has 1 atom stereocenters. The van der Waals surface area contributed by atoms with Gasteiger partial charge in [0.15, 0.2) is 12.2 Å². The summed E-state index contributed by atoms with van der Waals surface area (Å²) in [5, 5.41) is 16.4. The van der Waals surface area contributed by atoms with Gasteiger partial charge in [0.25, 0.3) is 0 Å². The number of nitrogens with one attached hydrogen (secondary N) is 1. The Morgan fingerprint density at radius 2 is 2.27 bits per heavy atom. The predicted octanol–water partition coefficient (Wildman–Crippen LogP) is 2.80. The van der Waals surface area contributed by atoms with E-state index in [1.165, 1.54) is 6.39 Å². The van der Waals surface area contributed by atoms with Gasteiger partial charge >= 0.3 is 0 Å². The van der Waals surface area contributed by atoms with Crippen LogP contribution < -0.4 is 0 Å². The van der Waals surface area contributed by atoms with Gasteiger partial charge in [0, 0.05) is 12.7 Å². The molecule has 0 saturated heterocycles. The maximum atomic E-state index is 13.1. The van der Waals surface area contributed by atoms with Gasteiger partial charge in [-0.25, -0.2) is 4.98 Å². The lowest BCUT2D eigenvalue weighted by Crippen LogP contribution is -2.35. The Labute approximate surface area is 149 Å². The molecule has 1 N–H and O–H groups in total. The Morgan fingerprint density at radius 1 is 1.38 bits per heavy atom. The summed E-state index contributed by atoms with van der Waals surface area (Å²) >= 11 is 0. The Balaban J connectivity index is 1.58. The van der Waals surface area contributed by atoms with Gasteiger partial charge in [-0.05, 0) is 41.7 Å². The summed E-state index contributed by atoms with van der Waals surface area (Å²) in [4.78, 5) is 18.8. The lowest BCUT2D eigenvalue weighted by Gasteiger charge is -2.25. The van der Waals surface area contributed by atoms with Crippen LogP contribution in [0.25, 0.3) is 11.3 Å². The van der Waals surface area contributed by atoms with Gasteiger partial charge in [-0.1, -0.05) is 12.1 Å². The van der Waals surface area contributed by atoms with E-state index in [9.17, 15) is 10.1 Å². The zero-order valence-electron chi connectivity index (χ0n) is 13.8. The van der Waals surface area contributed by atoms with E-state index >= 15 is 0 Å². The number of benzene rings is 1. The second-order valence-corrected chi connectivity index (χ2v) is 6.82. The molecule has 1 saturated carbocycles. The van der Waals surface area contributed by atoms with E-state index in [0.717, 1.165) is 22.4 Å². The van der Waals surface area contributed by atoms with Crippen LogP contribution in [0.2, 0.25) is 0 Å². The minimum atomic E-state index is -0.869. The van der Waals surface area contributed by atoms with E-state index in [2.05, 4.69) is 27.3 Å². The average Bonchev–Trinajstić information content (AvgIpc) is 3.09. The first-order valence-electron chi connectivity index (χ1n) is 8.45. The fraction of sp³-hybridized carbons (Fsp3) is 0.263. The van der Waals surface area contributed by atoms with Crippen molar-refractivity contribution in [3.05, 3.63) is 59.9 Å². The van der Waals surface area contributed by atoms with Crippen LogP contribution in [0.1, 0.15) is 35.8 Å². The van der Waals surface area contributed by atoms with Gasteiger partial charge in [-0.15, -0.1) is 0 Å². The molecule has 1 aliphatic heterocycles. The lowest BCUT2D eigenvalue weighted by atomic mass is 9.99. The summed E-state index contributed by atoms with van der Waals surface area (Å²) in [5.41, 5.74) is 3.11. The van der Waals surface area contributed by atoms with Gasteiger partial charge in [0.1, 0.15) is 11.5 Å². The Morgan fingerprint density at radius 3 is 2.92 bits per heavy atom. The molecule has 3 heterocycles. The Hall–Kier alpha value is -3.40. The number of hydrogen-bond donors (Lipinski definition) is 1. The molecule has 1 amide bonds. The first-order valence-corrected chi connectivity index (χ1v) is 8.45. The minimum Gasteiger partial charge on any atom is -0.446 e. The van der Waals surface area contributed by atoms with E-state index in [-0.39, 0.29) is 11.9 Å². The highest BCUT2D eigenvalue weighted by Crippen LogP contribution is 2.50. The van der Waals surface area contributed by atoms with Crippen molar-refractivity contribution in [3.8, 4) is 17.3 Å². The van der Waals surface area contributed by atoms with Crippen molar-refractivity contribution >= 4 is 5.91 Å². The van der Waals surface area contributed by atoms with Crippen molar-refractivity contribution in [2.24, 2.45) is 5.41 Å². The molecule has 2 aromatic heterocycles. The fourth-order valence-electron chi connectivity index (χ4n) is 3.67. The van der Waals surface area contributed by atoms with Crippen molar-refractivity contribution in [2.75, 3.05) is 0 Å². The molecule has 0 spiro atoms. The standard InChI is InChI=1S/C19H15N5O2/c20-10-19(4-5-19)18(25)24-9-13-7-12(15-3-6-22-23-15)1-2-14(13)17(24)16-8-21-11-26-16/h1-3,6-8,11,17H,4-5,9H2,(H,22,23)/t17-/m1/s1. The van der Waals surface area contributed by atoms with Crippen LogP contribution in [0.5, 0.6) is 0 Å². The SMILES string of the molecule is N#CC1(C(=O)N2Cc3cc(-c4ccn[nH]4)ccc3[C@@H]2c2cnco2)CC1. The fourth-order valence-corrected chi connectivity index (χ4v) is 3.67. The molecule has 0 radical (unpaired) electrons. The summed E-state index contributed by atoms with van der Waals surface area (Å²) in [5.74, 6) is 0.487. The molecule has 0 bridgehead atoms. The smallest absolute Gasteiger partial charge is 0.244 e. The van der Waals surface area contributed by atoms with E-state index < -0.39 is 5.41 Å². The van der Waals surface area contributed by atoms with Crippen molar-refractivity contribution in [2.45, 2.75) is 25.4 Å². The molecule has 1 aromatic carbocycles. The highest BCUT2D eigenvalue weighted by Gasteiger charge is 2.55. The molecule has 5 rings (SSSR count). The molecular weight excluding hydrogens is 330 g/mol. The topological polar surface area (TPSA) is 98.8 Å². The maximum absolute atomic E-state index is 13.1. The van der Waals surface area contributed by atoms with Crippen molar-refractivity contribution in [3.63, 3.8) is 0 Å². The Kier molecular flexibility index (Phi) is 3.04. The average molecular weight is 345 g/mol. The normalized spacial score (nSPS) is 19.8. The number of H-pyrrole nitrogens is 1. The highest BCUT2D eigenvalue weighted by molar-refractivity contribution is 5.89. The molecule has 7 nitrogen and oxygen atoms in total. The van der Waals surface area contributed by atoms with E-state index in [4.69, 9.17) is 4.42 Å². The third-order valence-corrected chi connectivity index (χ3v) is 5.26. The number of oxazole rings is 1. The van der Waals surface area contributed by atoms with Gasteiger partial charge < -0.3 is 9.32 Å². The van der Waals surface area contributed by atoms with Crippen molar-refractivity contribution in [1.29, 1.82) is 5.26 Å². The number of carbonyl (C=O) groups is 1. The van der Waals surface area contributed by atoms with Crippen LogP contribution in [-0.4, -0.2) is 26.0 Å². The van der Waals surface area contributed by atoms with Gasteiger partial charge in [-0.3, -0.25) is 9.89 Å². The Bertz CT molecular complexity index is 1010. The summed E-state index contributed by atoms with van der Waals surface area (Å²) in [7, 11) is 0. The quantitative estimate of drug-likeness (QED) is 0.787. The largest absolute Gasteiger partial charge is 0.446 e. The lowest BCUT2D eigenvalue weighted by molar-refractivity contribution is -0.137. The number of nitrogens with zero attached hydrogens (tertiary/aromatic N) is 4. The molecule has 2 aliphatic rings. The van der Waals surface area contributed by atoms with Crippen LogP contribution in [-0.2, 0) is 11.3 Å². The number of hydrogen-bond acceptors (Lipinski definition) is 5. The first kappa shape index (κ1) is 14.9. The molecule has 0 unspecified atom stereocenters. The van der Waals surface area contributed by atoms with Gasteiger partial charge in [-0.2, -0.15) is 10.4 Å². The zero-order valence-corrected chi connectivity index (χ0v) is 13.8. The third-order valence-electron chi connectivity index (χ3n) is 5.26. The van der Waals surface area contributed by atoms with E-state index in [1.807, 2.05) is 18.2 Å². The van der Waals surface area contributed by atoms with Crippen LogP contribution in [0.3, 0.4) is 0 Å². The molecule has 1 fully saturated rings. The molecule has 1 aliphatic carbocycles. The van der Waals surface area contributed by atoms with E-state index in [0.29, 0.717) is 25.1 Å². The first-order chi connectivity index (χ1) is 12.7. The van der Waals surface area contributed by atoms with Crippen LogP contribution >= 0.6 is 0 Å². The zero-order chi connectivity index (χ0) is 17.7. The van der Waals surface area contributed by atoms with Crippen molar-refractivity contribution in [1.82, 2.24) is 20.1 Å². The van der Waals surface area contributed by atoms with E-state index in [1.54, 1.807) is 17.3 Å². The van der Waals surface area contributed by atoms with Crippen LogP contribution in [0.15, 0.2) is 47.5 Å². The summed E-state index contributed by atoms with van der Waals surface area (Å²) in [6.07, 6.45) is 5.95. The third kappa shape index (κ3) is 2.09. The predicted molar refractivity (Wildman–Crippen MR) is 90.2 cm³/mol. The summed E-state index contributed by atoms with van der Waals surface area (Å²) in [6.45, 7) is 0.449. The van der Waals surface area contributed by atoms with Gasteiger partial charge in [0.05, 0.1) is 18.0 Å². The monoisotopic (exact) mass is 345 g/mol. The highest BCUT2D eigenvalue weighted by atomic mass is 16.3. The van der Waals surface area contributed by atoms with Crippen LogP contribution in [0.4, 0.5) is 0 Å². The number of rotatable bonds is 3. The number of fused-ring (bicyclic) bond motifs is 1.